The highest BCUT2D eigenvalue weighted by Crippen LogP contribution is 2.43. The largest absolute Gasteiger partial charge is 0.573 e. The summed E-state index contributed by atoms with van der Waals surface area (Å²) in [6.45, 7) is 4.33. The van der Waals surface area contributed by atoms with Crippen LogP contribution in [-0.2, 0) is 16.0 Å². The number of nitrogens with zero attached hydrogens (tertiary/aromatic N) is 2. The van der Waals surface area contributed by atoms with E-state index in [1.165, 1.54) is 6.92 Å². The Morgan fingerprint density at radius 1 is 1.10 bits per heavy atom. The van der Waals surface area contributed by atoms with Crippen LogP contribution in [0.3, 0.4) is 0 Å². The Morgan fingerprint density at radius 3 is 2.26 bits per heavy atom. The summed E-state index contributed by atoms with van der Waals surface area (Å²) >= 11 is 0. The zero-order valence-electron chi connectivity index (χ0n) is 22.7. The summed E-state index contributed by atoms with van der Waals surface area (Å²) in [5.41, 5.74) is -3.02. The lowest BCUT2D eigenvalue weighted by molar-refractivity contribution is -0.274. The maximum Gasteiger partial charge on any atom is 0.573 e. The number of anilines is 1. The highest BCUT2D eigenvalue weighted by Gasteiger charge is 2.48. The van der Waals surface area contributed by atoms with E-state index in [1.807, 2.05) is 0 Å². The highest BCUT2D eigenvalue weighted by molar-refractivity contribution is 5.89. The van der Waals surface area contributed by atoms with Gasteiger partial charge in [0, 0.05) is 18.0 Å². The van der Waals surface area contributed by atoms with Gasteiger partial charge in [0.1, 0.15) is 11.9 Å². The van der Waals surface area contributed by atoms with Gasteiger partial charge in [-0.3, -0.25) is 9.80 Å². The highest BCUT2D eigenvalue weighted by atomic mass is 19.4. The Hall–Kier alpha value is -3.59. The molecule has 7 nitrogen and oxygen atoms in total. The van der Waals surface area contributed by atoms with Gasteiger partial charge in [0.15, 0.2) is 0 Å². The first-order valence-corrected chi connectivity index (χ1v) is 12.5. The van der Waals surface area contributed by atoms with Crippen LogP contribution in [-0.4, -0.2) is 61.6 Å². The van der Waals surface area contributed by atoms with E-state index < -0.39 is 78.8 Å². The number of carbonyl (C=O) groups is 2. The summed E-state index contributed by atoms with van der Waals surface area (Å²) in [4.78, 5) is 27.5. The van der Waals surface area contributed by atoms with Gasteiger partial charge in [-0.2, -0.15) is 26.3 Å². The number of amides is 2. The molecule has 0 saturated carbocycles. The maximum absolute atomic E-state index is 13.4. The second-order valence-corrected chi connectivity index (χ2v) is 10.2. The van der Waals surface area contributed by atoms with Crippen molar-refractivity contribution < 1.29 is 63.3 Å². The molecule has 42 heavy (non-hydrogen) atoms. The minimum atomic E-state index is -5.11. The van der Waals surface area contributed by atoms with Gasteiger partial charge in [-0.25, -0.2) is 9.59 Å². The number of methoxy groups -OCH3 is 1. The SMILES string of the molecule is COC(=O)N(CC(C)C)c1ccc(OC(F)(F)F)cc1CN1C(=O)O[C@H](C2C=C(C(F)(F)F)C=C(C(F)(F)F)C2)[C@@H]1C. The van der Waals surface area contributed by atoms with Gasteiger partial charge in [0.25, 0.3) is 0 Å². The van der Waals surface area contributed by atoms with Crippen LogP contribution >= 0.6 is 0 Å². The minimum Gasteiger partial charge on any atom is -0.452 e. The van der Waals surface area contributed by atoms with Gasteiger partial charge in [0.2, 0.25) is 0 Å². The van der Waals surface area contributed by atoms with Crippen molar-refractivity contribution in [3.63, 3.8) is 0 Å². The molecule has 0 aromatic heterocycles. The summed E-state index contributed by atoms with van der Waals surface area (Å²) in [5.74, 6) is -2.36. The molecule has 3 rings (SSSR count). The Labute approximate surface area is 234 Å². The molecule has 1 aromatic rings. The van der Waals surface area contributed by atoms with E-state index in [9.17, 15) is 49.1 Å². The lowest BCUT2D eigenvalue weighted by Crippen LogP contribution is -2.39. The molecule has 1 heterocycles. The van der Waals surface area contributed by atoms with Crippen LogP contribution in [0.5, 0.6) is 5.75 Å². The fraction of sp³-hybridized carbons (Fsp3) is 0.538. The lowest BCUT2D eigenvalue weighted by atomic mass is 9.83. The molecule has 1 aliphatic carbocycles. The number of halogens is 9. The van der Waals surface area contributed by atoms with Crippen LogP contribution < -0.4 is 9.64 Å². The van der Waals surface area contributed by atoms with Crippen molar-refractivity contribution in [1.82, 2.24) is 4.90 Å². The van der Waals surface area contributed by atoms with Crippen molar-refractivity contribution >= 4 is 17.9 Å². The first-order valence-electron chi connectivity index (χ1n) is 12.5. The van der Waals surface area contributed by atoms with Crippen molar-refractivity contribution in [3.05, 3.63) is 47.1 Å². The molecule has 2 aliphatic rings. The molecule has 16 heteroatoms. The molecular weight excluding hydrogens is 591 g/mol. The molecule has 1 unspecified atom stereocenters. The lowest BCUT2D eigenvalue weighted by Gasteiger charge is -2.30. The number of cyclic esters (lactones) is 1. The van der Waals surface area contributed by atoms with E-state index in [4.69, 9.17) is 9.47 Å². The van der Waals surface area contributed by atoms with E-state index in [2.05, 4.69) is 4.74 Å². The van der Waals surface area contributed by atoms with E-state index >= 15 is 0 Å². The third-order valence-electron chi connectivity index (χ3n) is 6.59. The molecule has 1 saturated heterocycles. The van der Waals surface area contributed by atoms with Gasteiger partial charge in [0.05, 0.1) is 31.0 Å². The summed E-state index contributed by atoms with van der Waals surface area (Å²) in [6.07, 6.45) is -19.1. The average molecular weight is 618 g/mol. The number of hydrogen-bond donors (Lipinski definition) is 0. The van der Waals surface area contributed by atoms with Crippen LogP contribution in [0.15, 0.2) is 41.5 Å². The molecule has 234 valence electrons. The van der Waals surface area contributed by atoms with Crippen molar-refractivity contribution in [2.75, 3.05) is 18.6 Å². The maximum atomic E-state index is 13.4. The standard InChI is InChI=1S/C26H27F9N2O5/c1-13(2)11-37(22(38)40-4)20-6-5-19(42-26(33,34)35)9-16(20)12-36-14(3)21(41-23(36)39)15-7-17(24(27,28)29)10-18(8-15)25(30,31)32/h5-7,9-10,13-15,21H,8,11-12H2,1-4H3/t14-,15?,21-/m0/s1. The van der Waals surface area contributed by atoms with Crippen molar-refractivity contribution in [3.8, 4) is 5.75 Å². The smallest absolute Gasteiger partial charge is 0.452 e. The first kappa shape index (κ1) is 32.9. The Bertz CT molecular complexity index is 1240. The minimum absolute atomic E-state index is 0.00422. The van der Waals surface area contributed by atoms with Gasteiger partial charge in [-0.05, 0) is 49.1 Å². The Balaban J connectivity index is 2.00. The third-order valence-corrected chi connectivity index (χ3v) is 6.59. The molecule has 1 aliphatic heterocycles. The predicted molar refractivity (Wildman–Crippen MR) is 129 cm³/mol. The molecule has 0 radical (unpaired) electrons. The summed E-state index contributed by atoms with van der Waals surface area (Å²) in [5, 5.41) is 0. The zero-order valence-corrected chi connectivity index (χ0v) is 22.7. The Kier molecular flexibility index (Phi) is 9.37. The van der Waals surface area contributed by atoms with Crippen LogP contribution in [0.2, 0.25) is 0 Å². The fourth-order valence-corrected chi connectivity index (χ4v) is 4.78. The number of carbonyl (C=O) groups excluding carboxylic acids is 2. The van der Waals surface area contributed by atoms with Gasteiger partial charge < -0.3 is 14.2 Å². The number of alkyl halides is 9. The zero-order chi connectivity index (χ0) is 31.8. The molecule has 3 atom stereocenters. The summed E-state index contributed by atoms with van der Waals surface area (Å²) < 4.78 is 133. The normalized spacial score (nSPS) is 21.6. The van der Waals surface area contributed by atoms with Gasteiger partial charge in [-0.1, -0.05) is 19.9 Å². The van der Waals surface area contributed by atoms with E-state index in [-0.39, 0.29) is 29.8 Å². The second kappa shape index (κ2) is 12.0. The fourth-order valence-electron chi connectivity index (χ4n) is 4.78. The van der Waals surface area contributed by atoms with Crippen LogP contribution in [0.4, 0.5) is 54.8 Å². The van der Waals surface area contributed by atoms with Crippen LogP contribution in [0.25, 0.3) is 0 Å². The predicted octanol–water partition coefficient (Wildman–Crippen LogP) is 7.52. The molecule has 1 fully saturated rings. The number of hydrogen-bond acceptors (Lipinski definition) is 5. The first-order chi connectivity index (χ1) is 19.2. The molecule has 0 spiro atoms. The number of allylic oxidation sites excluding steroid dienone is 3. The molecular formula is C26H27F9N2O5. The molecule has 0 bridgehead atoms. The topological polar surface area (TPSA) is 68.3 Å². The van der Waals surface area contributed by atoms with Crippen LogP contribution in [0.1, 0.15) is 32.8 Å². The molecule has 0 N–H and O–H groups in total. The van der Waals surface area contributed by atoms with Crippen molar-refractivity contribution in [2.24, 2.45) is 11.8 Å². The Morgan fingerprint density at radius 2 is 1.74 bits per heavy atom. The van der Waals surface area contributed by atoms with Crippen molar-refractivity contribution in [2.45, 2.75) is 64.6 Å². The van der Waals surface area contributed by atoms with Crippen LogP contribution in [0, 0.1) is 11.8 Å². The number of ether oxygens (including phenoxy) is 3. The number of benzene rings is 1. The second-order valence-electron chi connectivity index (χ2n) is 10.2. The van der Waals surface area contributed by atoms with E-state index in [0.717, 1.165) is 35.1 Å². The molecule has 1 aromatic carbocycles. The number of rotatable bonds is 7. The average Bonchev–Trinajstić information content (AvgIpc) is 3.13. The summed E-state index contributed by atoms with van der Waals surface area (Å²) in [6, 6.07) is 1.86. The molecule has 2 amide bonds. The van der Waals surface area contributed by atoms with E-state index in [1.54, 1.807) is 13.8 Å². The van der Waals surface area contributed by atoms with E-state index in [0.29, 0.717) is 6.08 Å². The van der Waals surface area contributed by atoms with Gasteiger partial charge in [-0.15, -0.1) is 13.2 Å². The third kappa shape index (κ3) is 7.82. The quantitative estimate of drug-likeness (QED) is 0.296. The monoisotopic (exact) mass is 618 g/mol. The summed E-state index contributed by atoms with van der Waals surface area (Å²) in [7, 11) is 1.08. The van der Waals surface area contributed by atoms with Gasteiger partial charge >= 0.3 is 30.9 Å². The van der Waals surface area contributed by atoms with Crippen molar-refractivity contribution in [1.29, 1.82) is 0 Å².